The second kappa shape index (κ2) is 9.68. The van der Waals surface area contributed by atoms with Crippen LogP contribution in [-0.2, 0) is 0 Å². The van der Waals surface area contributed by atoms with E-state index in [0.717, 1.165) is 12.6 Å². The molecule has 0 aliphatic carbocycles. The Labute approximate surface area is 178 Å². The van der Waals surface area contributed by atoms with Crippen LogP contribution in [0.2, 0.25) is 0 Å². The van der Waals surface area contributed by atoms with Gasteiger partial charge in [-0.05, 0) is 0 Å². The van der Waals surface area contributed by atoms with E-state index in [1.807, 2.05) is 6.08 Å². The van der Waals surface area contributed by atoms with Crippen LogP contribution in [0.4, 0.5) is 0 Å². The van der Waals surface area contributed by atoms with Gasteiger partial charge in [-0.1, -0.05) is 0 Å². The van der Waals surface area contributed by atoms with E-state index in [9.17, 15) is 0 Å². The summed E-state index contributed by atoms with van der Waals surface area (Å²) in [6, 6.07) is 33.2. The van der Waals surface area contributed by atoms with Gasteiger partial charge in [0.2, 0.25) is 0 Å². The van der Waals surface area contributed by atoms with E-state index in [1.54, 1.807) is 0 Å². The molecule has 3 rings (SSSR count). The van der Waals surface area contributed by atoms with Crippen LogP contribution in [0.3, 0.4) is 0 Å². The van der Waals surface area contributed by atoms with Crippen molar-refractivity contribution in [2.75, 3.05) is 6.16 Å². The van der Waals surface area contributed by atoms with Crippen molar-refractivity contribution >= 4 is 36.7 Å². The summed E-state index contributed by atoms with van der Waals surface area (Å²) in [5.41, 5.74) is 0. The molecule has 28 heavy (non-hydrogen) atoms. The maximum atomic E-state index is 4.51. The monoisotopic (exact) mass is 452 g/mol. The van der Waals surface area contributed by atoms with Crippen LogP contribution >= 0.6 is 20.8 Å². The van der Waals surface area contributed by atoms with Gasteiger partial charge in [0.05, 0.1) is 0 Å². The normalized spacial score (nSPS) is 12.8. The third-order valence-corrected chi connectivity index (χ3v) is 15.7. The zero-order valence-corrected chi connectivity index (χ0v) is 19.0. The summed E-state index contributed by atoms with van der Waals surface area (Å²) >= 11 is 4.51. The van der Waals surface area contributed by atoms with E-state index >= 15 is 0 Å². The first-order valence-corrected chi connectivity index (χ1v) is 14.6. The van der Waals surface area contributed by atoms with Gasteiger partial charge in [0.1, 0.15) is 0 Å². The van der Waals surface area contributed by atoms with Crippen molar-refractivity contribution in [3.8, 4) is 0 Å². The zero-order chi connectivity index (χ0) is 19.7. The molecular weight excluding hydrogens is 423 g/mol. The van der Waals surface area contributed by atoms with E-state index < -0.39 is 5.31 Å². The van der Waals surface area contributed by atoms with Crippen LogP contribution in [-0.4, -0.2) is 6.16 Å². The van der Waals surface area contributed by atoms with Gasteiger partial charge >= 0.3 is 179 Å². The van der Waals surface area contributed by atoms with Crippen molar-refractivity contribution in [3.63, 3.8) is 0 Å². The van der Waals surface area contributed by atoms with Gasteiger partial charge in [0.15, 0.2) is 0 Å². The van der Waals surface area contributed by atoms with Crippen molar-refractivity contribution < 1.29 is 0 Å². The number of hydrogen-bond donors (Lipinski definition) is 0. The molecule has 0 spiro atoms. The molecule has 0 radical (unpaired) electrons. The molecule has 3 aromatic carbocycles. The molecule has 0 saturated carbocycles. The fourth-order valence-electron chi connectivity index (χ4n) is 4.10. The Hall–Kier alpha value is -1.69. The molecule has 146 valence electrons. The fourth-order valence-corrected chi connectivity index (χ4v) is 11.8. The quantitative estimate of drug-likeness (QED) is 0.177. The molecule has 0 bridgehead atoms. The number of allylic oxidation sites excluding steroid dienone is 1. The minimum atomic E-state index is -2.71. The van der Waals surface area contributed by atoms with Gasteiger partial charge in [0, 0.05) is 0 Å². The molecule has 0 aliphatic rings. The summed E-state index contributed by atoms with van der Waals surface area (Å²) in [7, 11) is 0. The van der Waals surface area contributed by atoms with Crippen LogP contribution in [0.25, 0.3) is 0 Å². The number of benzene rings is 3. The molecule has 0 atom stereocenters. The van der Waals surface area contributed by atoms with Gasteiger partial charge in [-0.25, -0.2) is 0 Å². The third kappa shape index (κ3) is 4.17. The van der Waals surface area contributed by atoms with Crippen molar-refractivity contribution in [1.29, 1.82) is 0 Å². The molecule has 0 nitrogen and oxygen atoms in total. The van der Waals surface area contributed by atoms with Gasteiger partial charge in [-0.15, -0.1) is 0 Å². The topological polar surface area (TPSA) is 0 Å². The number of halogens is 1. The van der Waals surface area contributed by atoms with Crippen molar-refractivity contribution in [1.82, 2.24) is 0 Å². The standard InChI is InChI=1S/C26H30BrP/c1-2-3-4-5-6-16-23-28(27,24-17-10-7-11-18-24,25-19-12-8-13-20-25)26-21-14-9-15-22-26/h2,7-15,17-22H,1,3-6,16,23H2. The molecule has 3 aromatic rings. The Bertz CT molecular complexity index is 759. The van der Waals surface area contributed by atoms with Crippen molar-refractivity contribution in [2.24, 2.45) is 0 Å². The second-order valence-electron chi connectivity index (χ2n) is 7.40. The summed E-state index contributed by atoms with van der Waals surface area (Å²) < 4.78 is 0. The Morgan fingerprint density at radius 3 is 1.39 bits per heavy atom. The van der Waals surface area contributed by atoms with Gasteiger partial charge in [-0.2, -0.15) is 0 Å². The molecule has 0 heterocycles. The van der Waals surface area contributed by atoms with Crippen LogP contribution in [0.5, 0.6) is 0 Å². The van der Waals surface area contributed by atoms with Gasteiger partial charge in [-0.3, -0.25) is 0 Å². The first-order valence-electron chi connectivity index (χ1n) is 10.2. The van der Waals surface area contributed by atoms with Crippen LogP contribution in [0.1, 0.15) is 32.1 Å². The summed E-state index contributed by atoms with van der Waals surface area (Å²) in [6.45, 7) is 3.85. The summed E-state index contributed by atoms with van der Waals surface area (Å²) in [6.07, 6.45) is 9.25. The predicted molar refractivity (Wildman–Crippen MR) is 132 cm³/mol. The molecule has 0 aliphatic heterocycles. The Morgan fingerprint density at radius 1 is 0.607 bits per heavy atom. The molecule has 0 N–H and O–H groups in total. The van der Waals surface area contributed by atoms with Crippen molar-refractivity contribution in [3.05, 3.63) is 104 Å². The predicted octanol–water partition coefficient (Wildman–Crippen LogP) is 6.96. The summed E-state index contributed by atoms with van der Waals surface area (Å²) in [4.78, 5) is 0. The second-order valence-corrected chi connectivity index (χ2v) is 16.5. The molecule has 0 amide bonds. The summed E-state index contributed by atoms with van der Waals surface area (Å²) in [5.74, 6) is 0. The summed E-state index contributed by atoms with van der Waals surface area (Å²) in [5, 5.41) is 1.53. The fraction of sp³-hybridized carbons (Fsp3) is 0.231. The SMILES string of the molecule is C=CCCCCCCP(Br)(c1ccccc1)(c1ccccc1)c1ccccc1. The molecule has 0 fully saturated rings. The van der Waals surface area contributed by atoms with Crippen LogP contribution in [0.15, 0.2) is 104 Å². The first-order chi connectivity index (χ1) is 13.7. The number of rotatable bonds is 10. The third-order valence-electron chi connectivity index (χ3n) is 5.62. The van der Waals surface area contributed by atoms with E-state index in [1.165, 1.54) is 41.6 Å². The Kier molecular flexibility index (Phi) is 7.27. The number of hydrogen-bond acceptors (Lipinski definition) is 0. The van der Waals surface area contributed by atoms with Crippen LogP contribution < -0.4 is 15.9 Å². The van der Waals surface area contributed by atoms with E-state index in [0.29, 0.717) is 0 Å². The molecular formula is C26H30BrP. The average Bonchev–Trinajstić information content (AvgIpc) is 2.78. The maximum absolute atomic E-state index is 4.51. The van der Waals surface area contributed by atoms with E-state index in [2.05, 4.69) is 113 Å². The van der Waals surface area contributed by atoms with Crippen LogP contribution in [0, 0.1) is 0 Å². The van der Waals surface area contributed by atoms with Gasteiger partial charge in [0.25, 0.3) is 0 Å². The molecule has 0 aromatic heterocycles. The molecule has 0 saturated heterocycles. The van der Waals surface area contributed by atoms with Gasteiger partial charge < -0.3 is 0 Å². The molecule has 0 unspecified atom stereocenters. The zero-order valence-electron chi connectivity index (χ0n) is 16.5. The Balaban J connectivity index is 2.09. The minimum absolute atomic E-state index is 1.12. The molecule has 2 heteroatoms. The van der Waals surface area contributed by atoms with Crippen molar-refractivity contribution in [2.45, 2.75) is 32.1 Å². The van der Waals surface area contributed by atoms with E-state index in [4.69, 9.17) is 0 Å². The number of unbranched alkanes of at least 4 members (excludes halogenated alkanes) is 4. The first kappa shape index (κ1) is 21.0. The Morgan fingerprint density at radius 2 is 1.00 bits per heavy atom. The van der Waals surface area contributed by atoms with E-state index in [-0.39, 0.29) is 0 Å². The average molecular weight is 453 g/mol.